The summed E-state index contributed by atoms with van der Waals surface area (Å²) in [6.45, 7) is 3.60. The lowest BCUT2D eigenvalue weighted by Gasteiger charge is -2.07. The van der Waals surface area contributed by atoms with Crippen molar-refractivity contribution >= 4 is 23.5 Å². The average Bonchev–Trinajstić information content (AvgIpc) is 3.06. The molecular formula is C19H21NO6. The smallest absolute Gasteiger partial charge is 0.342 e. The van der Waals surface area contributed by atoms with E-state index in [4.69, 9.17) is 13.9 Å². The van der Waals surface area contributed by atoms with E-state index in [2.05, 4.69) is 5.32 Å². The molecule has 1 aromatic heterocycles. The number of anilines is 1. The molecule has 0 fully saturated rings. The van der Waals surface area contributed by atoms with Crippen LogP contribution in [-0.4, -0.2) is 31.1 Å². The number of carbonyl (C=O) groups excluding carboxylic acids is 3. The number of esters is 2. The van der Waals surface area contributed by atoms with Crippen molar-refractivity contribution in [2.75, 3.05) is 18.5 Å². The highest BCUT2D eigenvalue weighted by Gasteiger charge is 2.15. The Morgan fingerprint density at radius 1 is 1.04 bits per heavy atom. The van der Waals surface area contributed by atoms with Gasteiger partial charge in [-0.1, -0.05) is 13.3 Å². The predicted molar refractivity (Wildman–Crippen MR) is 94.0 cm³/mol. The number of rotatable bonds is 8. The molecular weight excluding hydrogens is 338 g/mol. The van der Waals surface area contributed by atoms with Gasteiger partial charge in [-0.05, 0) is 43.7 Å². The second kappa shape index (κ2) is 9.41. The summed E-state index contributed by atoms with van der Waals surface area (Å²) in [6, 6.07) is 7.76. The number of amides is 1. The molecule has 0 saturated heterocycles. The molecule has 0 atom stereocenters. The molecule has 26 heavy (non-hydrogen) atoms. The minimum absolute atomic E-state index is 0.281. The molecule has 0 aliphatic heterocycles. The van der Waals surface area contributed by atoms with Crippen molar-refractivity contribution in [1.82, 2.24) is 0 Å². The SMILES string of the molecule is CCCCOC(=O)c1ccc(NC(=O)COC(=O)c2ccoc2C)cc1. The molecule has 1 heterocycles. The lowest BCUT2D eigenvalue weighted by molar-refractivity contribution is -0.119. The Hall–Kier alpha value is -3.09. The van der Waals surface area contributed by atoms with Crippen molar-refractivity contribution < 1.29 is 28.3 Å². The maximum atomic E-state index is 11.9. The standard InChI is InChI=1S/C19H21NO6/c1-3-4-10-25-18(22)14-5-7-15(8-6-14)20-17(21)12-26-19(23)16-9-11-24-13(16)2/h5-9,11H,3-4,10,12H2,1-2H3,(H,20,21). The van der Waals surface area contributed by atoms with E-state index in [1.165, 1.54) is 12.3 Å². The van der Waals surface area contributed by atoms with E-state index in [0.717, 1.165) is 12.8 Å². The second-order valence-corrected chi connectivity index (χ2v) is 5.58. The third kappa shape index (κ3) is 5.47. The lowest BCUT2D eigenvalue weighted by atomic mass is 10.2. The van der Waals surface area contributed by atoms with E-state index < -0.39 is 24.5 Å². The summed E-state index contributed by atoms with van der Waals surface area (Å²) in [6.07, 6.45) is 3.14. The highest BCUT2D eigenvalue weighted by atomic mass is 16.5. The van der Waals surface area contributed by atoms with Crippen LogP contribution in [0.5, 0.6) is 0 Å². The summed E-state index contributed by atoms with van der Waals surface area (Å²) < 4.78 is 15.1. The quantitative estimate of drug-likeness (QED) is 0.574. The van der Waals surface area contributed by atoms with Gasteiger partial charge in [-0.25, -0.2) is 9.59 Å². The lowest BCUT2D eigenvalue weighted by Crippen LogP contribution is -2.21. The summed E-state index contributed by atoms with van der Waals surface area (Å²) >= 11 is 0. The first-order valence-electron chi connectivity index (χ1n) is 8.29. The molecule has 0 saturated carbocycles. The summed E-state index contributed by atoms with van der Waals surface area (Å²) in [5, 5.41) is 2.58. The topological polar surface area (TPSA) is 94.8 Å². The van der Waals surface area contributed by atoms with Crippen LogP contribution in [-0.2, 0) is 14.3 Å². The van der Waals surface area contributed by atoms with Gasteiger partial charge in [0.2, 0.25) is 0 Å². The third-order valence-corrected chi connectivity index (χ3v) is 3.55. The number of unbranched alkanes of at least 4 members (excludes halogenated alkanes) is 1. The van der Waals surface area contributed by atoms with E-state index in [0.29, 0.717) is 23.6 Å². The number of benzene rings is 1. The minimum atomic E-state index is -0.628. The fraction of sp³-hybridized carbons (Fsp3) is 0.316. The summed E-state index contributed by atoms with van der Waals surface area (Å²) in [4.78, 5) is 35.5. The van der Waals surface area contributed by atoms with Crippen molar-refractivity contribution in [3.63, 3.8) is 0 Å². The Morgan fingerprint density at radius 3 is 2.38 bits per heavy atom. The zero-order chi connectivity index (χ0) is 18.9. The van der Waals surface area contributed by atoms with E-state index in [1.807, 2.05) is 6.92 Å². The Balaban J connectivity index is 1.81. The van der Waals surface area contributed by atoms with Gasteiger partial charge in [0.05, 0.1) is 18.4 Å². The first-order chi connectivity index (χ1) is 12.5. The molecule has 138 valence electrons. The zero-order valence-corrected chi connectivity index (χ0v) is 14.7. The van der Waals surface area contributed by atoms with Crippen molar-refractivity contribution in [2.24, 2.45) is 0 Å². The first-order valence-corrected chi connectivity index (χ1v) is 8.29. The van der Waals surface area contributed by atoms with Gasteiger partial charge in [0.1, 0.15) is 11.3 Å². The highest BCUT2D eigenvalue weighted by molar-refractivity contribution is 5.96. The summed E-state index contributed by atoms with van der Waals surface area (Å²) in [5.74, 6) is -1.09. The molecule has 0 spiro atoms. The van der Waals surface area contributed by atoms with Crippen molar-refractivity contribution in [3.05, 3.63) is 53.5 Å². The largest absolute Gasteiger partial charge is 0.469 e. The predicted octanol–water partition coefficient (Wildman–Crippen LogP) is 3.34. The monoisotopic (exact) mass is 359 g/mol. The van der Waals surface area contributed by atoms with Gasteiger partial charge in [0, 0.05) is 5.69 Å². The number of aryl methyl sites for hydroxylation is 1. The first kappa shape index (κ1) is 19.2. The molecule has 0 radical (unpaired) electrons. The van der Waals surface area contributed by atoms with Gasteiger partial charge in [-0.15, -0.1) is 0 Å². The van der Waals surface area contributed by atoms with E-state index in [9.17, 15) is 14.4 Å². The number of nitrogens with one attached hydrogen (secondary N) is 1. The molecule has 7 nitrogen and oxygen atoms in total. The Bertz CT molecular complexity index is 763. The van der Waals surface area contributed by atoms with Gasteiger partial charge < -0.3 is 19.2 Å². The normalized spacial score (nSPS) is 10.2. The molecule has 2 rings (SSSR count). The van der Waals surface area contributed by atoms with Crippen LogP contribution in [0, 0.1) is 6.92 Å². The zero-order valence-electron chi connectivity index (χ0n) is 14.7. The highest BCUT2D eigenvalue weighted by Crippen LogP contribution is 2.12. The molecule has 0 aliphatic carbocycles. The molecule has 1 N–H and O–H groups in total. The Morgan fingerprint density at radius 2 is 1.77 bits per heavy atom. The molecule has 1 amide bonds. The fourth-order valence-electron chi connectivity index (χ4n) is 2.08. The maximum Gasteiger partial charge on any atom is 0.342 e. The average molecular weight is 359 g/mol. The van der Waals surface area contributed by atoms with Crippen LogP contribution < -0.4 is 5.32 Å². The van der Waals surface area contributed by atoms with Gasteiger partial charge in [0.15, 0.2) is 6.61 Å². The molecule has 1 aromatic carbocycles. The van der Waals surface area contributed by atoms with Crippen LogP contribution in [0.1, 0.15) is 46.2 Å². The van der Waals surface area contributed by atoms with Crippen LogP contribution in [0.25, 0.3) is 0 Å². The van der Waals surface area contributed by atoms with Gasteiger partial charge >= 0.3 is 11.9 Å². The number of hydrogen-bond acceptors (Lipinski definition) is 6. The number of carbonyl (C=O) groups is 3. The molecule has 2 aromatic rings. The van der Waals surface area contributed by atoms with Gasteiger partial charge in [0.25, 0.3) is 5.91 Å². The summed E-state index contributed by atoms with van der Waals surface area (Å²) in [7, 11) is 0. The van der Waals surface area contributed by atoms with Crippen LogP contribution in [0.4, 0.5) is 5.69 Å². The fourth-order valence-corrected chi connectivity index (χ4v) is 2.08. The van der Waals surface area contributed by atoms with Gasteiger partial charge in [-0.2, -0.15) is 0 Å². The van der Waals surface area contributed by atoms with Crippen LogP contribution in [0.3, 0.4) is 0 Å². The van der Waals surface area contributed by atoms with E-state index >= 15 is 0 Å². The van der Waals surface area contributed by atoms with Crippen LogP contribution in [0.15, 0.2) is 41.0 Å². The van der Waals surface area contributed by atoms with Crippen LogP contribution >= 0.6 is 0 Å². The molecule has 0 unspecified atom stereocenters. The van der Waals surface area contributed by atoms with Crippen molar-refractivity contribution in [2.45, 2.75) is 26.7 Å². The maximum absolute atomic E-state index is 11.9. The number of ether oxygens (including phenoxy) is 2. The summed E-state index contributed by atoms with van der Waals surface area (Å²) in [5.41, 5.74) is 1.17. The molecule has 0 aliphatic rings. The second-order valence-electron chi connectivity index (χ2n) is 5.58. The third-order valence-electron chi connectivity index (χ3n) is 3.55. The Labute approximate surface area is 151 Å². The molecule has 0 bridgehead atoms. The number of furan rings is 1. The number of hydrogen-bond donors (Lipinski definition) is 1. The van der Waals surface area contributed by atoms with Gasteiger partial charge in [-0.3, -0.25) is 4.79 Å². The van der Waals surface area contributed by atoms with Crippen molar-refractivity contribution in [3.8, 4) is 0 Å². The molecule has 7 heteroatoms. The van der Waals surface area contributed by atoms with E-state index in [1.54, 1.807) is 31.2 Å². The minimum Gasteiger partial charge on any atom is -0.469 e. The van der Waals surface area contributed by atoms with Crippen LogP contribution in [0.2, 0.25) is 0 Å². The van der Waals surface area contributed by atoms with Crippen molar-refractivity contribution in [1.29, 1.82) is 0 Å². The van der Waals surface area contributed by atoms with E-state index in [-0.39, 0.29) is 5.56 Å². The Kier molecular flexibility index (Phi) is 6.96.